The highest BCUT2D eigenvalue weighted by Gasteiger charge is 2.28. The van der Waals surface area contributed by atoms with Crippen molar-refractivity contribution >= 4 is 5.82 Å². The average molecular weight is 289 g/mol. The molecule has 1 aliphatic heterocycles. The summed E-state index contributed by atoms with van der Waals surface area (Å²) in [7, 11) is 1.87. The van der Waals surface area contributed by atoms with Gasteiger partial charge >= 0.3 is 0 Å². The number of hydrogen-bond donors (Lipinski definition) is 1. The number of likely N-dealkylation sites (N-methyl/N-ethyl adjacent to an activating group) is 1. The third kappa shape index (κ3) is 2.74. The zero-order valence-electron chi connectivity index (χ0n) is 11.8. The van der Waals surface area contributed by atoms with Gasteiger partial charge in [-0.15, -0.1) is 0 Å². The van der Waals surface area contributed by atoms with Gasteiger partial charge in [-0.3, -0.25) is 0 Å². The van der Waals surface area contributed by atoms with Crippen LogP contribution in [0.2, 0.25) is 0 Å². The van der Waals surface area contributed by atoms with E-state index in [0.717, 1.165) is 24.2 Å². The number of halogens is 2. The lowest BCUT2D eigenvalue weighted by molar-refractivity contribution is 0.501. The Labute approximate surface area is 122 Å². The molecule has 0 amide bonds. The molecule has 2 aromatic rings. The maximum absolute atomic E-state index is 14.1. The molecule has 0 bridgehead atoms. The van der Waals surface area contributed by atoms with Gasteiger partial charge in [-0.1, -0.05) is 24.3 Å². The van der Waals surface area contributed by atoms with E-state index in [1.165, 1.54) is 5.56 Å². The first-order valence-electron chi connectivity index (χ1n) is 6.98. The summed E-state index contributed by atoms with van der Waals surface area (Å²) in [6, 6.07) is 9.12. The Morgan fingerprint density at radius 2 is 2.05 bits per heavy atom. The van der Waals surface area contributed by atoms with E-state index in [9.17, 15) is 8.78 Å². The molecule has 1 aliphatic rings. The second-order valence-corrected chi connectivity index (χ2v) is 5.27. The molecule has 1 aromatic heterocycles. The fourth-order valence-corrected chi connectivity index (χ4v) is 2.87. The van der Waals surface area contributed by atoms with Crippen LogP contribution in [0, 0.1) is 11.6 Å². The Morgan fingerprint density at radius 3 is 2.76 bits per heavy atom. The standard InChI is InChI=1S/C16H17F2N3/c1-19-9-14-6-11-4-2-3-5-12(11)10-21(14)16-15(18)7-13(17)8-20-16/h2-5,7-8,14,19H,6,9-10H2,1H3. The van der Waals surface area contributed by atoms with E-state index in [2.05, 4.69) is 16.4 Å². The number of aromatic nitrogens is 1. The van der Waals surface area contributed by atoms with E-state index in [1.807, 2.05) is 30.1 Å². The summed E-state index contributed by atoms with van der Waals surface area (Å²) in [5.41, 5.74) is 2.44. The molecule has 0 aliphatic carbocycles. The predicted octanol–water partition coefficient (Wildman–Crippen LogP) is 2.51. The van der Waals surface area contributed by atoms with Gasteiger partial charge in [0, 0.05) is 25.2 Å². The Morgan fingerprint density at radius 1 is 1.29 bits per heavy atom. The zero-order chi connectivity index (χ0) is 14.8. The van der Waals surface area contributed by atoms with Crippen molar-refractivity contribution in [2.75, 3.05) is 18.5 Å². The Hall–Kier alpha value is -2.01. The second kappa shape index (κ2) is 5.77. The highest BCUT2D eigenvalue weighted by Crippen LogP contribution is 2.28. The maximum Gasteiger partial charge on any atom is 0.168 e. The second-order valence-electron chi connectivity index (χ2n) is 5.27. The topological polar surface area (TPSA) is 28.2 Å². The summed E-state index contributed by atoms with van der Waals surface area (Å²) in [5, 5.41) is 3.13. The molecular weight excluding hydrogens is 272 g/mol. The smallest absolute Gasteiger partial charge is 0.168 e. The molecular formula is C16H17F2N3. The number of rotatable bonds is 3. The van der Waals surface area contributed by atoms with E-state index in [4.69, 9.17) is 0 Å². The van der Waals surface area contributed by atoms with Crippen LogP contribution in [0.1, 0.15) is 11.1 Å². The van der Waals surface area contributed by atoms with Gasteiger partial charge < -0.3 is 10.2 Å². The third-order valence-corrected chi connectivity index (χ3v) is 3.86. The molecule has 3 rings (SSSR count). The van der Waals surface area contributed by atoms with Crippen molar-refractivity contribution in [2.45, 2.75) is 19.0 Å². The summed E-state index contributed by atoms with van der Waals surface area (Å²) in [5.74, 6) is -1.06. The minimum absolute atomic E-state index is 0.0948. The molecule has 1 unspecified atom stereocenters. The average Bonchev–Trinajstić information content (AvgIpc) is 2.47. The van der Waals surface area contributed by atoms with Gasteiger partial charge in [-0.25, -0.2) is 13.8 Å². The Kier molecular flexibility index (Phi) is 3.84. The van der Waals surface area contributed by atoms with Crippen LogP contribution >= 0.6 is 0 Å². The molecule has 0 spiro atoms. The number of pyridine rings is 1. The molecule has 0 fully saturated rings. The van der Waals surface area contributed by atoms with Crippen molar-refractivity contribution in [1.82, 2.24) is 10.3 Å². The van der Waals surface area contributed by atoms with Crippen molar-refractivity contribution in [2.24, 2.45) is 0 Å². The van der Waals surface area contributed by atoms with Crippen molar-refractivity contribution in [3.05, 3.63) is 59.3 Å². The van der Waals surface area contributed by atoms with Crippen LogP contribution < -0.4 is 10.2 Å². The van der Waals surface area contributed by atoms with Gasteiger partial charge in [0.25, 0.3) is 0 Å². The quantitative estimate of drug-likeness (QED) is 0.941. The fourth-order valence-electron chi connectivity index (χ4n) is 2.87. The van der Waals surface area contributed by atoms with Crippen LogP contribution in [0.4, 0.5) is 14.6 Å². The monoisotopic (exact) mass is 289 g/mol. The SMILES string of the molecule is CNCC1Cc2ccccc2CN1c1ncc(F)cc1F. The number of nitrogens with one attached hydrogen (secondary N) is 1. The highest BCUT2D eigenvalue weighted by molar-refractivity contribution is 5.47. The van der Waals surface area contributed by atoms with Crippen molar-refractivity contribution < 1.29 is 8.78 Å². The van der Waals surface area contributed by atoms with Gasteiger partial charge in [0.1, 0.15) is 5.82 Å². The van der Waals surface area contributed by atoms with Crippen LogP contribution in [0.3, 0.4) is 0 Å². The summed E-state index contributed by atoms with van der Waals surface area (Å²) >= 11 is 0. The van der Waals surface area contributed by atoms with E-state index in [0.29, 0.717) is 13.1 Å². The lowest BCUT2D eigenvalue weighted by Gasteiger charge is -2.38. The number of hydrogen-bond acceptors (Lipinski definition) is 3. The first-order valence-corrected chi connectivity index (χ1v) is 6.98. The van der Waals surface area contributed by atoms with Crippen LogP contribution in [-0.4, -0.2) is 24.6 Å². The number of benzene rings is 1. The Bertz CT molecular complexity index is 645. The molecule has 1 atom stereocenters. The van der Waals surface area contributed by atoms with Gasteiger partial charge in [-0.2, -0.15) is 0 Å². The van der Waals surface area contributed by atoms with E-state index >= 15 is 0 Å². The molecule has 0 saturated carbocycles. The van der Waals surface area contributed by atoms with Crippen LogP contribution in [0.5, 0.6) is 0 Å². The molecule has 21 heavy (non-hydrogen) atoms. The van der Waals surface area contributed by atoms with Crippen LogP contribution in [0.15, 0.2) is 36.5 Å². The summed E-state index contributed by atoms with van der Waals surface area (Å²) < 4.78 is 27.1. The van der Waals surface area contributed by atoms with Crippen LogP contribution in [-0.2, 0) is 13.0 Å². The largest absolute Gasteiger partial charge is 0.345 e. The summed E-state index contributed by atoms with van der Waals surface area (Å²) in [6.07, 6.45) is 1.88. The molecule has 5 heteroatoms. The molecule has 3 nitrogen and oxygen atoms in total. The van der Waals surface area contributed by atoms with E-state index < -0.39 is 11.6 Å². The summed E-state index contributed by atoms with van der Waals surface area (Å²) in [6.45, 7) is 1.30. The molecule has 1 N–H and O–H groups in total. The third-order valence-electron chi connectivity index (χ3n) is 3.86. The minimum atomic E-state index is -0.654. The first-order chi connectivity index (χ1) is 10.2. The lowest BCUT2D eigenvalue weighted by atomic mass is 9.94. The molecule has 1 aromatic carbocycles. The molecule has 0 radical (unpaired) electrons. The number of anilines is 1. The first kappa shape index (κ1) is 13.9. The summed E-state index contributed by atoms with van der Waals surface area (Å²) in [4.78, 5) is 5.87. The van der Waals surface area contributed by atoms with Crippen molar-refractivity contribution in [3.63, 3.8) is 0 Å². The predicted molar refractivity (Wildman–Crippen MR) is 78.2 cm³/mol. The lowest BCUT2D eigenvalue weighted by Crippen LogP contribution is -2.46. The minimum Gasteiger partial charge on any atom is -0.345 e. The molecule has 2 heterocycles. The van der Waals surface area contributed by atoms with Crippen molar-refractivity contribution in [3.8, 4) is 0 Å². The number of nitrogens with zero attached hydrogens (tertiary/aromatic N) is 2. The van der Waals surface area contributed by atoms with Crippen molar-refractivity contribution in [1.29, 1.82) is 0 Å². The number of fused-ring (bicyclic) bond motifs is 1. The van der Waals surface area contributed by atoms with Gasteiger partial charge in [-0.05, 0) is 24.6 Å². The van der Waals surface area contributed by atoms with Crippen LogP contribution in [0.25, 0.3) is 0 Å². The normalized spacial score (nSPS) is 17.7. The molecule has 0 saturated heterocycles. The van der Waals surface area contributed by atoms with Gasteiger partial charge in [0.15, 0.2) is 11.6 Å². The highest BCUT2D eigenvalue weighted by atomic mass is 19.1. The maximum atomic E-state index is 14.1. The van der Waals surface area contributed by atoms with Gasteiger partial charge in [0.05, 0.1) is 6.20 Å². The fraction of sp³-hybridized carbons (Fsp3) is 0.312. The Balaban J connectivity index is 1.99. The van der Waals surface area contributed by atoms with E-state index in [1.54, 1.807) is 0 Å². The van der Waals surface area contributed by atoms with Gasteiger partial charge in [0.2, 0.25) is 0 Å². The van der Waals surface area contributed by atoms with E-state index in [-0.39, 0.29) is 11.9 Å². The molecule has 110 valence electrons. The zero-order valence-corrected chi connectivity index (χ0v) is 11.8.